The maximum atomic E-state index is 6.11. The lowest BCUT2D eigenvalue weighted by molar-refractivity contribution is 0.487. The van der Waals surface area contributed by atoms with Crippen molar-refractivity contribution in [2.45, 2.75) is 0 Å². The summed E-state index contributed by atoms with van der Waals surface area (Å²) in [4.78, 5) is 0. The van der Waals surface area contributed by atoms with Crippen molar-refractivity contribution in [2.24, 2.45) is 0 Å². The van der Waals surface area contributed by atoms with Gasteiger partial charge in [-0.2, -0.15) is 0 Å². The van der Waals surface area contributed by atoms with Gasteiger partial charge in [0, 0.05) is 25.8 Å². The topological polar surface area (TPSA) is 9.23 Å². The van der Waals surface area contributed by atoms with Crippen molar-refractivity contribution >= 4 is 38.3 Å². The number of hydrogen-bond acceptors (Lipinski definition) is 1. The predicted octanol–water partition coefficient (Wildman–Crippen LogP) is 6.03. The fourth-order valence-electron chi connectivity index (χ4n) is 2.57. The fraction of sp³-hybridized carbons (Fsp3) is 0. The third-order valence-electron chi connectivity index (χ3n) is 3.40. The summed E-state index contributed by atoms with van der Waals surface area (Å²) in [6.45, 7) is 0. The van der Waals surface area contributed by atoms with E-state index in [1.54, 1.807) is 0 Å². The molecule has 0 unspecified atom stereocenters. The summed E-state index contributed by atoms with van der Waals surface area (Å²) in [5.41, 5.74) is 2.21. The van der Waals surface area contributed by atoms with E-state index in [1.165, 1.54) is 0 Å². The van der Waals surface area contributed by atoms with Gasteiger partial charge in [-0.15, -0.1) is 0 Å². The molecule has 0 saturated carbocycles. The van der Waals surface area contributed by atoms with Gasteiger partial charge in [0.25, 0.3) is 0 Å². The number of rotatable bonds is 0. The number of hydrogen-bond donors (Lipinski definition) is 0. The Balaban J connectivity index is 2.19. The van der Waals surface area contributed by atoms with Crippen LogP contribution in [0.5, 0.6) is 11.5 Å². The Hall–Kier alpha value is -1.51. The van der Waals surface area contributed by atoms with Gasteiger partial charge in [-0.25, -0.2) is 0 Å². The van der Waals surface area contributed by atoms with Crippen LogP contribution in [0.25, 0.3) is 21.9 Å². The average Bonchev–Trinajstić information content (AvgIpc) is 2.43. The Kier molecular flexibility index (Phi) is 2.38. The minimum Gasteiger partial charge on any atom is -0.456 e. The molecule has 0 spiro atoms. The molecular formula is C16H8BrClO. The molecule has 19 heavy (non-hydrogen) atoms. The first kappa shape index (κ1) is 11.3. The van der Waals surface area contributed by atoms with Gasteiger partial charge >= 0.3 is 0 Å². The molecule has 0 amide bonds. The van der Waals surface area contributed by atoms with Crippen LogP contribution >= 0.6 is 27.5 Å². The zero-order valence-electron chi connectivity index (χ0n) is 9.78. The lowest BCUT2D eigenvalue weighted by Gasteiger charge is -2.21. The molecule has 0 bridgehead atoms. The minimum atomic E-state index is 0.720. The second kappa shape index (κ2) is 3.99. The highest BCUT2D eigenvalue weighted by Crippen LogP contribution is 2.48. The van der Waals surface area contributed by atoms with Crippen molar-refractivity contribution in [3.8, 4) is 22.6 Å². The van der Waals surface area contributed by atoms with Crippen molar-refractivity contribution in [2.75, 3.05) is 0 Å². The molecule has 3 aromatic carbocycles. The van der Waals surface area contributed by atoms with Crippen LogP contribution in [0.1, 0.15) is 0 Å². The Morgan fingerprint density at radius 2 is 1.74 bits per heavy atom. The third kappa shape index (κ3) is 1.60. The summed E-state index contributed by atoms with van der Waals surface area (Å²) in [5.74, 6) is 1.75. The van der Waals surface area contributed by atoms with Gasteiger partial charge in [0.05, 0.1) is 0 Å². The molecule has 4 rings (SSSR count). The third-order valence-corrected chi connectivity index (χ3v) is 4.33. The summed E-state index contributed by atoms with van der Waals surface area (Å²) in [6.07, 6.45) is 0. The van der Waals surface area contributed by atoms with Gasteiger partial charge in [-0.05, 0) is 35.9 Å². The molecule has 92 valence electrons. The number of benzene rings is 3. The minimum absolute atomic E-state index is 0.720. The fourth-order valence-corrected chi connectivity index (χ4v) is 3.20. The van der Waals surface area contributed by atoms with E-state index in [4.69, 9.17) is 16.3 Å². The van der Waals surface area contributed by atoms with Crippen molar-refractivity contribution in [1.82, 2.24) is 0 Å². The van der Waals surface area contributed by atoms with E-state index < -0.39 is 0 Å². The second-order valence-corrected chi connectivity index (χ2v) is 5.81. The van der Waals surface area contributed by atoms with E-state index in [-0.39, 0.29) is 0 Å². The molecule has 3 heteroatoms. The van der Waals surface area contributed by atoms with Crippen molar-refractivity contribution < 1.29 is 4.74 Å². The molecule has 1 aliphatic heterocycles. The molecule has 0 fully saturated rings. The van der Waals surface area contributed by atoms with E-state index in [0.29, 0.717) is 0 Å². The first-order valence-electron chi connectivity index (χ1n) is 5.93. The maximum absolute atomic E-state index is 6.11. The van der Waals surface area contributed by atoms with Gasteiger partial charge in [-0.1, -0.05) is 45.7 Å². The van der Waals surface area contributed by atoms with Crippen LogP contribution < -0.4 is 4.74 Å². The van der Waals surface area contributed by atoms with Crippen LogP contribution in [0, 0.1) is 0 Å². The number of fused-ring (bicyclic) bond motifs is 2. The molecule has 0 atom stereocenters. The van der Waals surface area contributed by atoms with Gasteiger partial charge in [0.2, 0.25) is 0 Å². The highest BCUT2D eigenvalue weighted by atomic mass is 79.9. The highest BCUT2D eigenvalue weighted by Gasteiger charge is 2.20. The molecule has 1 aliphatic rings. The van der Waals surface area contributed by atoms with Crippen molar-refractivity contribution in [3.05, 3.63) is 58.0 Å². The SMILES string of the molecule is Clc1ccc2c(c1)-c1cccc3c(Br)ccc(c13)O2. The Labute approximate surface area is 123 Å². The molecule has 0 saturated heterocycles. The van der Waals surface area contributed by atoms with Crippen LogP contribution in [0.4, 0.5) is 0 Å². The van der Waals surface area contributed by atoms with Crippen LogP contribution in [0.15, 0.2) is 53.0 Å². The first-order chi connectivity index (χ1) is 9.24. The summed E-state index contributed by atoms with van der Waals surface area (Å²) in [6, 6.07) is 16.0. The van der Waals surface area contributed by atoms with Crippen LogP contribution in [-0.4, -0.2) is 0 Å². The second-order valence-electron chi connectivity index (χ2n) is 4.52. The average molecular weight is 332 g/mol. The van der Waals surface area contributed by atoms with E-state index in [0.717, 1.165) is 42.9 Å². The summed E-state index contributed by atoms with van der Waals surface area (Å²) >= 11 is 9.70. The molecule has 1 nitrogen and oxygen atoms in total. The Morgan fingerprint density at radius 1 is 0.895 bits per heavy atom. The Bertz CT molecular complexity index is 826. The number of halogens is 2. The van der Waals surface area contributed by atoms with E-state index in [9.17, 15) is 0 Å². The summed E-state index contributed by atoms with van der Waals surface area (Å²) < 4.78 is 7.05. The standard InChI is InChI=1S/C16H8BrClO/c17-13-5-7-15-16-10(2-1-3-11(13)16)12-8-9(18)4-6-14(12)19-15/h1-8H. The molecule has 3 aromatic rings. The molecule has 0 aromatic heterocycles. The Morgan fingerprint density at radius 3 is 2.63 bits per heavy atom. The first-order valence-corrected chi connectivity index (χ1v) is 7.10. The molecule has 0 aliphatic carbocycles. The monoisotopic (exact) mass is 330 g/mol. The molecule has 0 radical (unpaired) electrons. The predicted molar refractivity (Wildman–Crippen MR) is 82.2 cm³/mol. The quantitative estimate of drug-likeness (QED) is 0.382. The van der Waals surface area contributed by atoms with Gasteiger partial charge in [0.15, 0.2) is 0 Å². The van der Waals surface area contributed by atoms with Gasteiger partial charge < -0.3 is 4.74 Å². The largest absolute Gasteiger partial charge is 0.456 e. The van der Waals surface area contributed by atoms with Gasteiger partial charge in [-0.3, -0.25) is 0 Å². The van der Waals surface area contributed by atoms with Gasteiger partial charge in [0.1, 0.15) is 11.5 Å². The van der Waals surface area contributed by atoms with E-state index in [2.05, 4.69) is 34.1 Å². The smallest absolute Gasteiger partial charge is 0.135 e. The van der Waals surface area contributed by atoms with Crippen LogP contribution in [-0.2, 0) is 0 Å². The maximum Gasteiger partial charge on any atom is 0.135 e. The molecule has 1 heterocycles. The van der Waals surface area contributed by atoms with Crippen molar-refractivity contribution in [3.63, 3.8) is 0 Å². The van der Waals surface area contributed by atoms with E-state index >= 15 is 0 Å². The molecular weight excluding hydrogens is 324 g/mol. The normalized spacial score (nSPS) is 12.1. The zero-order chi connectivity index (χ0) is 13.0. The summed E-state index contributed by atoms with van der Waals surface area (Å²) in [7, 11) is 0. The van der Waals surface area contributed by atoms with Crippen LogP contribution in [0.3, 0.4) is 0 Å². The van der Waals surface area contributed by atoms with Crippen molar-refractivity contribution in [1.29, 1.82) is 0 Å². The zero-order valence-corrected chi connectivity index (χ0v) is 12.1. The summed E-state index contributed by atoms with van der Waals surface area (Å²) in [5, 5.41) is 3.00. The van der Waals surface area contributed by atoms with Crippen LogP contribution in [0.2, 0.25) is 5.02 Å². The molecule has 0 N–H and O–H groups in total. The lowest BCUT2D eigenvalue weighted by Crippen LogP contribution is -1.97. The number of ether oxygens (including phenoxy) is 1. The lowest BCUT2D eigenvalue weighted by atomic mass is 9.95. The highest BCUT2D eigenvalue weighted by molar-refractivity contribution is 9.10. The van der Waals surface area contributed by atoms with E-state index in [1.807, 2.05) is 30.3 Å².